The minimum atomic E-state index is 0.125. The Bertz CT molecular complexity index is 551. The molecule has 110 valence electrons. The fourth-order valence-corrected chi connectivity index (χ4v) is 2.31. The second kappa shape index (κ2) is 8.48. The fourth-order valence-electron chi connectivity index (χ4n) is 2.18. The van der Waals surface area contributed by atoms with Crippen LogP contribution in [0.15, 0.2) is 54.6 Å². The molecule has 0 radical (unpaired) electrons. The minimum Gasteiger partial charge on any atom is -0.356 e. The summed E-state index contributed by atoms with van der Waals surface area (Å²) in [5, 5.41) is 3.71. The quantitative estimate of drug-likeness (QED) is 0.822. The Labute approximate surface area is 131 Å². The molecular weight excluding hydrogens is 282 g/mol. The lowest BCUT2D eigenvalue weighted by atomic mass is 10.1. The molecule has 0 unspecified atom stereocenters. The molecule has 0 aliphatic heterocycles. The molecule has 1 amide bonds. The third-order valence-electron chi connectivity index (χ3n) is 3.36. The molecule has 0 heterocycles. The van der Waals surface area contributed by atoms with Crippen molar-refractivity contribution in [3.05, 3.63) is 70.7 Å². The summed E-state index contributed by atoms with van der Waals surface area (Å²) in [6.45, 7) is 0.698. The van der Waals surface area contributed by atoms with Crippen LogP contribution in [0.1, 0.15) is 24.0 Å². The van der Waals surface area contributed by atoms with Crippen molar-refractivity contribution in [2.75, 3.05) is 6.54 Å². The average molecular weight is 302 g/mol. The summed E-state index contributed by atoms with van der Waals surface area (Å²) < 4.78 is 0. The summed E-state index contributed by atoms with van der Waals surface area (Å²) in [4.78, 5) is 11.7. The molecular formula is C18H20ClNO. The van der Waals surface area contributed by atoms with Gasteiger partial charge in [-0.3, -0.25) is 4.79 Å². The van der Waals surface area contributed by atoms with E-state index in [-0.39, 0.29) is 5.91 Å². The van der Waals surface area contributed by atoms with Gasteiger partial charge in [0.05, 0.1) is 0 Å². The highest BCUT2D eigenvalue weighted by atomic mass is 35.5. The number of benzene rings is 2. The van der Waals surface area contributed by atoms with Crippen LogP contribution >= 0.6 is 11.6 Å². The van der Waals surface area contributed by atoms with Crippen LogP contribution < -0.4 is 5.32 Å². The molecule has 1 N–H and O–H groups in total. The van der Waals surface area contributed by atoms with E-state index in [9.17, 15) is 4.79 Å². The molecule has 0 atom stereocenters. The van der Waals surface area contributed by atoms with Gasteiger partial charge in [0.25, 0.3) is 0 Å². The van der Waals surface area contributed by atoms with Crippen molar-refractivity contribution < 1.29 is 4.79 Å². The molecule has 0 aliphatic rings. The number of amides is 1. The second-order valence-corrected chi connectivity index (χ2v) is 5.50. The fraction of sp³-hybridized carbons (Fsp3) is 0.278. The van der Waals surface area contributed by atoms with Crippen LogP contribution in [0, 0.1) is 0 Å². The predicted octanol–water partition coefficient (Wildman–Crippen LogP) is 4.02. The Morgan fingerprint density at radius 2 is 1.57 bits per heavy atom. The number of aryl methyl sites for hydroxylation is 1. The zero-order valence-corrected chi connectivity index (χ0v) is 12.8. The molecule has 0 bridgehead atoms. The highest BCUT2D eigenvalue weighted by molar-refractivity contribution is 6.30. The topological polar surface area (TPSA) is 29.1 Å². The van der Waals surface area contributed by atoms with Crippen molar-refractivity contribution in [3.8, 4) is 0 Å². The van der Waals surface area contributed by atoms with Crippen LogP contribution in [0.4, 0.5) is 0 Å². The third kappa shape index (κ3) is 6.01. The lowest BCUT2D eigenvalue weighted by molar-refractivity contribution is -0.121. The van der Waals surface area contributed by atoms with Crippen molar-refractivity contribution in [1.29, 1.82) is 0 Å². The molecule has 3 heteroatoms. The number of halogens is 1. The van der Waals surface area contributed by atoms with Crippen LogP contribution in [0.5, 0.6) is 0 Å². The van der Waals surface area contributed by atoms with Gasteiger partial charge in [-0.25, -0.2) is 0 Å². The number of hydrogen-bond acceptors (Lipinski definition) is 1. The summed E-state index contributed by atoms with van der Waals surface area (Å²) >= 11 is 5.84. The normalized spacial score (nSPS) is 10.3. The van der Waals surface area contributed by atoms with E-state index in [0.29, 0.717) is 13.0 Å². The molecule has 2 aromatic rings. The maximum Gasteiger partial charge on any atom is 0.220 e. The highest BCUT2D eigenvalue weighted by Gasteiger charge is 2.01. The number of hydrogen-bond donors (Lipinski definition) is 1. The van der Waals surface area contributed by atoms with Gasteiger partial charge in [-0.15, -0.1) is 0 Å². The maximum absolute atomic E-state index is 11.7. The van der Waals surface area contributed by atoms with Crippen molar-refractivity contribution in [3.63, 3.8) is 0 Å². The van der Waals surface area contributed by atoms with Gasteiger partial charge in [0, 0.05) is 18.0 Å². The van der Waals surface area contributed by atoms with E-state index < -0.39 is 0 Å². The lowest BCUT2D eigenvalue weighted by Gasteiger charge is -2.05. The van der Waals surface area contributed by atoms with E-state index in [4.69, 9.17) is 11.6 Å². The standard InChI is InChI=1S/C18H20ClNO/c19-17-11-9-16(10-12-17)7-4-8-18(21)20-14-13-15-5-2-1-3-6-15/h1-3,5-6,9-12H,4,7-8,13-14H2,(H,20,21). The summed E-state index contributed by atoms with van der Waals surface area (Å²) in [7, 11) is 0. The van der Waals surface area contributed by atoms with Crippen molar-refractivity contribution >= 4 is 17.5 Å². The minimum absolute atomic E-state index is 0.125. The molecule has 0 aliphatic carbocycles. The first-order chi connectivity index (χ1) is 10.2. The van der Waals surface area contributed by atoms with Gasteiger partial charge in [0.2, 0.25) is 5.91 Å². The van der Waals surface area contributed by atoms with Crippen molar-refractivity contribution in [2.24, 2.45) is 0 Å². The third-order valence-corrected chi connectivity index (χ3v) is 3.61. The Hall–Kier alpha value is -1.80. The van der Waals surface area contributed by atoms with E-state index in [1.54, 1.807) is 0 Å². The Morgan fingerprint density at radius 3 is 2.29 bits per heavy atom. The van der Waals surface area contributed by atoms with Crippen LogP contribution in [-0.2, 0) is 17.6 Å². The number of rotatable bonds is 7. The summed E-state index contributed by atoms with van der Waals surface area (Å²) in [6, 6.07) is 18.0. The average Bonchev–Trinajstić information content (AvgIpc) is 2.50. The smallest absolute Gasteiger partial charge is 0.220 e. The number of nitrogens with one attached hydrogen (secondary N) is 1. The molecule has 0 saturated heterocycles. The highest BCUT2D eigenvalue weighted by Crippen LogP contribution is 2.11. The van der Waals surface area contributed by atoms with Gasteiger partial charge in [-0.05, 0) is 42.5 Å². The first-order valence-corrected chi connectivity index (χ1v) is 7.67. The Balaban J connectivity index is 1.60. The van der Waals surface area contributed by atoms with Gasteiger partial charge >= 0.3 is 0 Å². The van der Waals surface area contributed by atoms with Gasteiger partial charge in [0.15, 0.2) is 0 Å². The van der Waals surface area contributed by atoms with E-state index in [2.05, 4.69) is 17.4 Å². The SMILES string of the molecule is O=C(CCCc1ccc(Cl)cc1)NCCc1ccccc1. The summed E-state index contributed by atoms with van der Waals surface area (Å²) in [5.74, 6) is 0.125. The molecule has 0 saturated carbocycles. The molecule has 2 rings (SSSR count). The zero-order chi connectivity index (χ0) is 14.9. The van der Waals surface area contributed by atoms with E-state index in [1.165, 1.54) is 11.1 Å². The monoisotopic (exact) mass is 301 g/mol. The first kappa shape index (κ1) is 15.6. The first-order valence-electron chi connectivity index (χ1n) is 7.29. The molecule has 2 aromatic carbocycles. The molecule has 2 nitrogen and oxygen atoms in total. The molecule has 0 fully saturated rings. The largest absolute Gasteiger partial charge is 0.356 e. The summed E-state index contributed by atoms with van der Waals surface area (Å²) in [6.07, 6.45) is 3.21. The lowest BCUT2D eigenvalue weighted by Crippen LogP contribution is -2.25. The molecule has 21 heavy (non-hydrogen) atoms. The van der Waals surface area contributed by atoms with E-state index in [1.807, 2.05) is 42.5 Å². The van der Waals surface area contributed by atoms with Gasteiger partial charge in [-0.2, -0.15) is 0 Å². The maximum atomic E-state index is 11.7. The zero-order valence-electron chi connectivity index (χ0n) is 12.0. The predicted molar refractivity (Wildman–Crippen MR) is 87.5 cm³/mol. The van der Waals surface area contributed by atoms with Gasteiger partial charge in [-0.1, -0.05) is 54.1 Å². The van der Waals surface area contributed by atoms with Crippen LogP contribution in [0.3, 0.4) is 0 Å². The van der Waals surface area contributed by atoms with Crippen LogP contribution in [-0.4, -0.2) is 12.5 Å². The van der Waals surface area contributed by atoms with Gasteiger partial charge in [0.1, 0.15) is 0 Å². The summed E-state index contributed by atoms with van der Waals surface area (Å²) in [5.41, 5.74) is 2.47. The van der Waals surface area contributed by atoms with Crippen LogP contribution in [0.2, 0.25) is 5.02 Å². The molecule has 0 spiro atoms. The van der Waals surface area contributed by atoms with E-state index >= 15 is 0 Å². The Morgan fingerprint density at radius 1 is 0.905 bits per heavy atom. The Kier molecular flexibility index (Phi) is 6.29. The van der Waals surface area contributed by atoms with E-state index in [0.717, 1.165) is 24.3 Å². The van der Waals surface area contributed by atoms with Gasteiger partial charge < -0.3 is 5.32 Å². The van der Waals surface area contributed by atoms with Crippen molar-refractivity contribution in [2.45, 2.75) is 25.7 Å². The van der Waals surface area contributed by atoms with Crippen LogP contribution in [0.25, 0.3) is 0 Å². The van der Waals surface area contributed by atoms with Crippen molar-refractivity contribution in [1.82, 2.24) is 5.32 Å². The second-order valence-electron chi connectivity index (χ2n) is 5.07. The molecule has 0 aromatic heterocycles. The number of carbonyl (C=O) groups is 1. The number of carbonyl (C=O) groups excluding carboxylic acids is 1.